The lowest BCUT2D eigenvalue weighted by Gasteiger charge is -2.19. The Balaban J connectivity index is 2.04. The van der Waals surface area contributed by atoms with Crippen LogP contribution in [0.3, 0.4) is 0 Å². The number of carboxylic acids is 1. The zero-order valence-corrected chi connectivity index (χ0v) is 14.0. The van der Waals surface area contributed by atoms with E-state index in [0.29, 0.717) is 5.56 Å². The molecular formula is C15H16F4N2O3S. The zero-order chi connectivity index (χ0) is 18.8. The molecule has 0 aromatic heterocycles. The Bertz CT molecular complexity index is 669. The maximum atomic E-state index is 13.3. The van der Waals surface area contributed by atoms with Crippen LogP contribution in [0.2, 0.25) is 0 Å². The fraction of sp³-hybridized carbons (Fsp3) is 0.467. The Labute approximate surface area is 145 Å². The standard InChI is InChI=1S/C15H16F4N2O3S/c1-25-12-3-2-9(16)4-8(12)5-20-14(24)21-6-10(13(22)23)11(7-21)15(17,18)19/h2-4,10-11H,5-7H2,1H3,(H,20,24)(H,22,23)/t10-,11-/m1/s1. The lowest BCUT2D eigenvalue weighted by Crippen LogP contribution is -2.39. The highest BCUT2D eigenvalue weighted by molar-refractivity contribution is 7.98. The first-order valence-corrected chi connectivity index (χ1v) is 8.50. The van der Waals surface area contributed by atoms with Crippen molar-refractivity contribution < 1.29 is 32.3 Å². The number of nitrogens with zero attached hydrogens (tertiary/aromatic N) is 1. The third-order valence-electron chi connectivity index (χ3n) is 4.02. The zero-order valence-electron chi connectivity index (χ0n) is 13.1. The average molecular weight is 380 g/mol. The summed E-state index contributed by atoms with van der Waals surface area (Å²) in [7, 11) is 0. The molecule has 0 aliphatic carbocycles. The molecule has 25 heavy (non-hydrogen) atoms. The van der Waals surface area contributed by atoms with E-state index in [1.807, 2.05) is 0 Å². The van der Waals surface area contributed by atoms with Gasteiger partial charge in [0.05, 0.1) is 11.8 Å². The van der Waals surface area contributed by atoms with E-state index in [0.717, 1.165) is 9.80 Å². The molecule has 1 fully saturated rings. The Morgan fingerprint density at radius 2 is 2.04 bits per heavy atom. The van der Waals surface area contributed by atoms with Crippen molar-refractivity contribution in [2.75, 3.05) is 19.3 Å². The number of hydrogen-bond donors (Lipinski definition) is 2. The molecule has 5 nitrogen and oxygen atoms in total. The summed E-state index contributed by atoms with van der Waals surface area (Å²) in [5.74, 6) is -5.88. The van der Waals surface area contributed by atoms with Crippen LogP contribution in [-0.4, -0.2) is 47.5 Å². The van der Waals surface area contributed by atoms with E-state index in [1.165, 1.54) is 30.0 Å². The van der Waals surface area contributed by atoms with E-state index >= 15 is 0 Å². The number of carbonyl (C=O) groups excluding carboxylic acids is 1. The van der Waals surface area contributed by atoms with Gasteiger partial charge in [-0.1, -0.05) is 0 Å². The SMILES string of the molecule is CSc1ccc(F)cc1CNC(=O)N1C[C@@H](C(F)(F)F)[C@H](C(=O)O)C1. The van der Waals surface area contributed by atoms with E-state index in [4.69, 9.17) is 5.11 Å². The summed E-state index contributed by atoms with van der Waals surface area (Å²) < 4.78 is 52.1. The van der Waals surface area contributed by atoms with Crippen LogP contribution in [0.4, 0.5) is 22.4 Å². The smallest absolute Gasteiger partial charge is 0.394 e. The lowest BCUT2D eigenvalue weighted by atomic mass is 9.96. The molecule has 1 saturated heterocycles. The van der Waals surface area contributed by atoms with Gasteiger partial charge in [-0.25, -0.2) is 9.18 Å². The number of amides is 2. The highest BCUT2D eigenvalue weighted by Crippen LogP contribution is 2.37. The van der Waals surface area contributed by atoms with Gasteiger partial charge in [0.2, 0.25) is 0 Å². The molecule has 0 unspecified atom stereocenters. The second-order valence-corrected chi connectivity index (χ2v) is 6.46. The summed E-state index contributed by atoms with van der Waals surface area (Å²) in [6, 6.07) is 3.23. The van der Waals surface area contributed by atoms with Gasteiger partial charge in [0.15, 0.2) is 0 Å². The van der Waals surface area contributed by atoms with Crippen molar-refractivity contribution in [3.63, 3.8) is 0 Å². The fourth-order valence-electron chi connectivity index (χ4n) is 2.72. The van der Waals surface area contributed by atoms with Gasteiger partial charge in [0.1, 0.15) is 5.82 Å². The van der Waals surface area contributed by atoms with Crippen LogP contribution in [0, 0.1) is 17.7 Å². The molecule has 2 N–H and O–H groups in total. The van der Waals surface area contributed by atoms with Crippen molar-refractivity contribution in [1.82, 2.24) is 10.2 Å². The number of alkyl halides is 3. The van der Waals surface area contributed by atoms with Gasteiger partial charge in [0.25, 0.3) is 0 Å². The van der Waals surface area contributed by atoms with E-state index in [-0.39, 0.29) is 6.54 Å². The van der Waals surface area contributed by atoms with Crippen LogP contribution in [0.1, 0.15) is 5.56 Å². The molecule has 2 atom stereocenters. The van der Waals surface area contributed by atoms with Crippen LogP contribution < -0.4 is 5.32 Å². The number of carbonyl (C=O) groups is 2. The topological polar surface area (TPSA) is 69.6 Å². The van der Waals surface area contributed by atoms with Gasteiger partial charge in [-0.2, -0.15) is 13.2 Å². The van der Waals surface area contributed by atoms with Crippen molar-refractivity contribution in [2.45, 2.75) is 17.6 Å². The van der Waals surface area contributed by atoms with Crippen LogP contribution in [0.15, 0.2) is 23.1 Å². The Morgan fingerprint density at radius 1 is 1.36 bits per heavy atom. The summed E-state index contributed by atoms with van der Waals surface area (Å²) in [6.45, 7) is -1.31. The number of nitrogens with one attached hydrogen (secondary N) is 1. The lowest BCUT2D eigenvalue weighted by molar-refractivity contribution is -0.187. The molecule has 0 bridgehead atoms. The number of aliphatic carboxylic acids is 1. The van der Waals surface area contributed by atoms with E-state index < -0.39 is 48.9 Å². The summed E-state index contributed by atoms with van der Waals surface area (Å²) >= 11 is 1.34. The number of rotatable bonds is 4. The second-order valence-electron chi connectivity index (χ2n) is 5.61. The van der Waals surface area contributed by atoms with E-state index in [2.05, 4.69) is 5.32 Å². The Morgan fingerprint density at radius 3 is 2.56 bits per heavy atom. The van der Waals surface area contributed by atoms with Crippen molar-refractivity contribution in [2.24, 2.45) is 11.8 Å². The summed E-state index contributed by atoms with van der Waals surface area (Å²) in [4.78, 5) is 24.7. The summed E-state index contributed by atoms with van der Waals surface area (Å²) in [5.41, 5.74) is 0.488. The molecule has 10 heteroatoms. The molecule has 1 aromatic rings. The Hall–Kier alpha value is -1.97. The van der Waals surface area contributed by atoms with Gasteiger partial charge in [-0.15, -0.1) is 11.8 Å². The molecular weight excluding hydrogens is 364 g/mol. The largest absolute Gasteiger partial charge is 0.481 e. The quantitative estimate of drug-likeness (QED) is 0.623. The molecule has 1 heterocycles. The normalized spacial score (nSPS) is 20.6. The van der Waals surface area contributed by atoms with E-state index in [1.54, 1.807) is 6.26 Å². The van der Waals surface area contributed by atoms with Crippen molar-refractivity contribution in [3.05, 3.63) is 29.6 Å². The first kappa shape index (κ1) is 19.4. The van der Waals surface area contributed by atoms with E-state index in [9.17, 15) is 27.2 Å². The number of halogens is 4. The number of benzene rings is 1. The predicted molar refractivity (Wildman–Crippen MR) is 82.7 cm³/mol. The Kier molecular flexibility index (Phi) is 5.81. The third-order valence-corrected chi connectivity index (χ3v) is 4.86. The molecule has 1 aliphatic rings. The highest BCUT2D eigenvalue weighted by Gasteiger charge is 2.53. The number of urea groups is 1. The van der Waals surface area contributed by atoms with Gasteiger partial charge in [-0.05, 0) is 30.0 Å². The molecule has 1 aromatic carbocycles. The monoisotopic (exact) mass is 380 g/mol. The maximum absolute atomic E-state index is 13.3. The van der Waals surface area contributed by atoms with Crippen LogP contribution in [-0.2, 0) is 11.3 Å². The third kappa shape index (κ3) is 4.56. The minimum atomic E-state index is -4.70. The van der Waals surface area contributed by atoms with Crippen molar-refractivity contribution in [3.8, 4) is 0 Å². The average Bonchev–Trinajstić information content (AvgIpc) is 2.98. The summed E-state index contributed by atoms with van der Waals surface area (Å²) in [6.07, 6.45) is -2.93. The number of hydrogen-bond acceptors (Lipinski definition) is 3. The van der Waals surface area contributed by atoms with Gasteiger partial charge < -0.3 is 15.3 Å². The second kappa shape index (κ2) is 7.51. The maximum Gasteiger partial charge on any atom is 0.394 e. The number of thioether (sulfide) groups is 1. The molecule has 2 amide bonds. The van der Waals surface area contributed by atoms with Crippen LogP contribution >= 0.6 is 11.8 Å². The van der Waals surface area contributed by atoms with Crippen LogP contribution in [0.5, 0.6) is 0 Å². The minimum Gasteiger partial charge on any atom is -0.481 e. The van der Waals surface area contributed by atoms with Crippen molar-refractivity contribution in [1.29, 1.82) is 0 Å². The molecule has 2 rings (SSSR count). The highest BCUT2D eigenvalue weighted by atomic mass is 32.2. The van der Waals surface area contributed by atoms with Crippen molar-refractivity contribution >= 4 is 23.8 Å². The first-order valence-electron chi connectivity index (χ1n) is 7.28. The number of carboxylic acid groups (broad SMARTS) is 1. The van der Waals surface area contributed by atoms with Gasteiger partial charge in [-0.3, -0.25) is 4.79 Å². The van der Waals surface area contributed by atoms with Gasteiger partial charge in [0, 0.05) is 24.5 Å². The minimum absolute atomic E-state index is 0.0717. The first-order chi connectivity index (χ1) is 11.6. The summed E-state index contributed by atoms with van der Waals surface area (Å²) in [5, 5.41) is 11.4. The molecule has 0 spiro atoms. The molecule has 0 saturated carbocycles. The predicted octanol–water partition coefficient (Wildman–Crippen LogP) is 2.95. The van der Waals surface area contributed by atoms with Gasteiger partial charge >= 0.3 is 18.2 Å². The number of likely N-dealkylation sites (tertiary alicyclic amines) is 1. The van der Waals surface area contributed by atoms with Crippen LogP contribution in [0.25, 0.3) is 0 Å². The fourth-order valence-corrected chi connectivity index (χ4v) is 3.32. The molecule has 1 aliphatic heterocycles. The molecule has 138 valence electrons. The molecule has 0 radical (unpaired) electrons.